The Morgan fingerprint density at radius 3 is 0.933 bits per heavy atom. The largest absolute Gasteiger partial charge is 0.615 e. The van der Waals surface area contributed by atoms with Crippen molar-refractivity contribution in [3.8, 4) is 0 Å². The van der Waals surface area contributed by atoms with Gasteiger partial charge in [-0.25, -0.2) is 0 Å². The molecule has 174 valence electrons. The zero-order chi connectivity index (χ0) is 21.7. The summed E-state index contributed by atoms with van der Waals surface area (Å²) < 4.78 is 63.6. The molecule has 0 radical (unpaired) electrons. The average molecular weight is 438 g/mol. The van der Waals surface area contributed by atoms with Gasteiger partial charge in [-0.2, -0.15) is 0 Å². The van der Waals surface area contributed by atoms with Crippen LogP contribution in [-0.4, -0.2) is 123 Å². The Bertz CT molecular complexity index is 315. The first kappa shape index (κ1) is 27.7. The van der Waals surface area contributed by atoms with E-state index in [9.17, 15) is 0 Å². The first-order chi connectivity index (χ1) is 14.8. The molecule has 0 saturated carbocycles. The van der Waals surface area contributed by atoms with E-state index in [0.29, 0.717) is 59.5 Å². The first-order valence-corrected chi connectivity index (χ1v) is 9.81. The van der Waals surface area contributed by atoms with Crippen molar-refractivity contribution < 1.29 is 56.1 Å². The molecule has 0 bridgehead atoms. The molecule has 1 aliphatic heterocycles. The van der Waals surface area contributed by atoms with Gasteiger partial charge in [-0.05, 0) is 0 Å². The normalized spacial score (nSPS) is 14.7. The lowest BCUT2D eigenvalue weighted by molar-refractivity contribution is 0.0127. The Balaban J connectivity index is 2.29. The summed E-state index contributed by atoms with van der Waals surface area (Å²) in [7, 11) is 1.70. The van der Waals surface area contributed by atoms with Crippen LogP contribution in [0.4, 0.5) is 0 Å². The van der Waals surface area contributed by atoms with Crippen molar-refractivity contribution in [2.75, 3.05) is 101 Å². The Kier molecular flexibility index (Phi) is 19.1. The smallest absolute Gasteiger partial charge is 0.400 e. The summed E-state index contributed by atoms with van der Waals surface area (Å²) in [6, 6.07) is 0. The van der Waals surface area contributed by atoms with Crippen LogP contribution in [0.25, 0.3) is 0 Å². The van der Waals surface area contributed by atoms with Gasteiger partial charge in [0, 0.05) is 21.3 Å². The molecule has 0 N–H and O–H groups in total. The zero-order valence-corrected chi connectivity index (χ0v) is 18.1. The van der Waals surface area contributed by atoms with Crippen molar-refractivity contribution in [1.82, 2.24) is 0 Å². The minimum absolute atomic E-state index is 0.244. The molecule has 0 aromatic heterocycles. The second-order valence-electron chi connectivity index (χ2n) is 5.70. The van der Waals surface area contributed by atoms with E-state index in [2.05, 4.69) is 0 Å². The molecule has 0 aromatic rings. The average Bonchev–Trinajstić information content (AvgIpc) is 2.75. The topological polar surface area (TPSA) is 111 Å². The van der Waals surface area contributed by atoms with Crippen LogP contribution in [0, 0.1) is 0 Å². The second kappa shape index (κ2) is 20.6. The third-order valence-electron chi connectivity index (χ3n) is 3.41. The predicted octanol–water partition coefficient (Wildman–Crippen LogP) is -0.957. The number of rotatable bonds is 21. The van der Waals surface area contributed by atoms with E-state index in [-0.39, 0.29) is 19.8 Å². The van der Waals surface area contributed by atoms with Crippen molar-refractivity contribution in [2.24, 2.45) is 0 Å². The van der Waals surface area contributed by atoms with Gasteiger partial charge in [0.05, 0.1) is 79.3 Å². The Hall–Kier alpha value is -0.285. The zero-order valence-electron chi connectivity index (χ0n) is 18.1. The fourth-order valence-corrected chi connectivity index (χ4v) is 1.95. The van der Waals surface area contributed by atoms with E-state index in [1.807, 2.05) is 0 Å². The Morgan fingerprint density at radius 2 is 0.667 bits per heavy atom. The second-order valence-corrected chi connectivity index (χ2v) is 5.70. The minimum atomic E-state index is -1.04. The molecule has 0 aromatic carbocycles. The van der Waals surface area contributed by atoms with Gasteiger partial charge in [-0.3, -0.25) is 0 Å². The van der Waals surface area contributed by atoms with Crippen LogP contribution < -0.4 is 0 Å². The molecule has 1 fully saturated rings. The highest BCUT2D eigenvalue weighted by Gasteiger charge is 2.46. The van der Waals surface area contributed by atoms with E-state index in [4.69, 9.17) is 56.1 Å². The molecule has 30 heavy (non-hydrogen) atoms. The fourth-order valence-electron chi connectivity index (χ4n) is 1.95. The van der Waals surface area contributed by atoms with Gasteiger partial charge < -0.3 is 56.1 Å². The van der Waals surface area contributed by atoms with Crippen LogP contribution in [0.15, 0.2) is 0 Å². The monoisotopic (exact) mass is 438 g/mol. The number of hydrogen-bond donors (Lipinski definition) is 0. The maximum atomic E-state index is 5.50. The third-order valence-corrected chi connectivity index (χ3v) is 3.41. The van der Waals surface area contributed by atoms with Gasteiger partial charge in [-0.1, -0.05) is 0 Å². The molecule has 0 aliphatic carbocycles. The lowest BCUT2D eigenvalue weighted by Gasteiger charge is -2.28. The maximum absolute atomic E-state index is 5.50. The molecular weight excluding hydrogens is 405 g/mol. The summed E-state index contributed by atoms with van der Waals surface area (Å²) in [5, 5.41) is 0. The molecular formula is C15H33B3O12. The van der Waals surface area contributed by atoms with Gasteiger partial charge in [0.25, 0.3) is 0 Å². The van der Waals surface area contributed by atoms with Crippen LogP contribution in [0.2, 0.25) is 0 Å². The predicted molar refractivity (Wildman–Crippen MR) is 106 cm³/mol. The first-order valence-electron chi connectivity index (χ1n) is 9.81. The van der Waals surface area contributed by atoms with Crippen LogP contribution in [0.5, 0.6) is 0 Å². The van der Waals surface area contributed by atoms with Crippen molar-refractivity contribution >= 4 is 22.0 Å². The standard InChI is InChI=1S/C15H33B3O12/c1-19-4-7-22-10-13-25-16-28-17(26-14-11-23-8-5-20-2)30-18(29-16)27-15-12-24-9-6-21-3/h4-15H2,1-3H3. The van der Waals surface area contributed by atoms with Gasteiger partial charge in [-0.15, -0.1) is 0 Å². The summed E-state index contributed by atoms with van der Waals surface area (Å²) in [6.07, 6.45) is 0. The quantitative estimate of drug-likeness (QED) is 0.163. The lowest BCUT2D eigenvalue weighted by Crippen LogP contribution is -2.53. The van der Waals surface area contributed by atoms with Crippen LogP contribution in [-0.2, 0) is 56.1 Å². The van der Waals surface area contributed by atoms with Crippen LogP contribution in [0.1, 0.15) is 0 Å². The number of methoxy groups -OCH3 is 3. The molecule has 1 rings (SSSR count). The lowest BCUT2D eigenvalue weighted by atomic mass is 9.96. The summed E-state index contributed by atoms with van der Waals surface area (Å²) in [5.74, 6) is 0. The Labute approximate surface area is 179 Å². The number of ether oxygens (including phenoxy) is 6. The molecule has 0 atom stereocenters. The van der Waals surface area contributed by atoms with Gasteiger partial charge in [0.1, 0.15) is 0 Å². The van der Waals surface area contributed by atoms with Gasteiger partial charge in [0.15, 0.2) is 0 Å². The van der Waals surface area contributed by atoms with E-state index < -0.39 is 22.0 Å². The van der Waals surface area contributed by atoms with E-state index in [1.54, 1.807) is 21.3 Å². The SMILES string of the molecule is COCCOCCOB1OB(OCCOCCOC)OB(OCCOCCOC)O1. The minimum Gasteiger partial charge on any atom is -0.400 e. The molecule has 1 heterocycles. The molecule has 1 saturated heterocycles. The maximum Gasteiger partial charge on any atom is 0.615 e. The van der Waals surface area contributed by atoms with Crippen molar-refractivity contribution in [1.29, 1.82) is 0 Å². The van der Waals surface area contributed by atoms with Crippen molar-refractivity contribution in [3.63, 3.8) is 0 Å². The summed E-state index contributed by atoms with van der Waals surface area (Å²) in [6.45, 7) is 4.73. The molecule has 0 spiro atoms. The molecule has 0 amide bonds. The van der Waals surface area contributed by atoms with Crippen LogP contribution >= 0.6 is 0 Å². The molecule has 12 nitrogen and oxygen atoms in total. The summed E-state index contributed by atoms with van der Waals surface area (Å²) in [5.41, 5.74) is 0. The van der Waals surface area contributed by atoms with Crippen LogP contribution in [0.3, 0.4) is 0 Å². The van der Waals surface area contributed by atoms with E-state index >= 15 is 0 Å². The third kappa shape index (κ3) is 15.5. The Morgan fingerprint density at radius 1 is 0.400 bits per heavy atom. The van der Waals surface area contributed by atoms with Crippen molar-refractivity contribution in [2.45, 2.75) is 0 Å². The fraction of sp³-hybridized carbons (Fsp3) is 1.00. The summed E-state index contributed by atoms with van der Waals surface area (Å²) >= 11 is 0. The summed E-state index contributed by atoms with van der Waals surface area (Å²) in [4.78, 5) is 0. The molecule has 0 unspecified atom stereocenters. The van der Waals surface area contributed by atoms with E-state index in [0.717, 1.165) is 0 Å². The molecule has 1 aliphatic rings. The highest BCUT2D eigenvalue weighted by molar-refractivity contribution is 6.66. The van der Waals surface area contributed by atoms with Crippen molar-refractivity contribution in [3.05, 3.63) is 0 Å². The number of hydrogen-bond acceptors (Lipinski definition) is 12. The molecule has 15 heteroatoms. The highest BCUT2D eigenvalue weighted by atomic mass is 16.9. The highest BCUT2D eigenvalue weighted by Crippen LogP contribution is 2.11. The van der Waals surface area contributed by atoms with Gasteiger partial charge in [0.2, 0.25) is 0 Å². The van der Waals surface area contributed by atoms with Gasteiger partial charge >= 0.3 is 22.0 Å². The van der Waals surface area contributed by atoms with E-state index in [1.165, 1.54) is 0 Å².